The Hall–Kier alpha value is -1.04. The molecule has 0 bridgehead atoms. The van der Waals surface area contributed by atoms with Crippen LogP contribution in [0.15, 0.2) is 18.2 Å². The molecule has 1 saturated heterocycles. The average molecular weight is 371 g/mol. The van der Waals surface area contributed by atoms with Crippen molar-refractivity contribution in [2.75, 3.05) is 24.6 Å². The lowest BCUT2D eigenvalue weighted by atomic mass is 9.77. The number of hydrogen-bond donors (Lipinski definition) is 0. The van der Waals surface area contributed by atoms with E-state index in [9.17, 15) is 0 Å². The summed E-state index contributed by atoms with van der Waals surface area (Å²) in [4.78, 5) is 2.51. The first-order valence-electron chi connectivity index (χ1n) is 10.5. The van der Waals surface area contributed by atoms with Gasteiger partial charge in [-0.2, -0.15) is 0 Å². The van der Waals surface area contributed by atoms with Crippen LogP contribution in [0, 0.1) is 0 Å². The third-order valence-corrected chi connectivity index (χ3v) is 6.65. The summed E-state index contributed by atoms with van der Waals surface area (Å²) in [7, 11) is -0.302. The zero-order valence-electron chi connectivity index (χ0n) is 17.8. The van der Waals surface area contributed by atoms with E-state index < -0.39 is 0 Å². The molecule has 0 unspecified atom stereocenters. The van der Waals surface area contributed by atoms with Crippen molar-refractivity contribution >= 4 is 18.3 Å². The Morgan fingerprint density at radius 1 is 1.07 bits per heavy atom. The van der Waals surface area contributed by atoms with Crippen molar-refractivity contribution in [3.05, 3.63) is 23.8 Å². The van der Waals surface area contributed by atoms with Gasteiger partial charge in [0.05, 0.1) is 17.3 Å². The highest BCUT2D eigenvalue weighted by Crippen LogP contribution is 2.41. The van der Waals surface area contributed by atoms with Crippen molar-refractivity contribution < 1.29 is 14.0 Å². The van der Waals surface area contributed by atoms with Crippen LogP contribution < -0.4 is 10.4 Å². The molecule has 0 aromatic heterocycles. The molecule has 4 rings (SSSR count). The Morgan fingerprint density at radius 3 is 2.37 bits per heavy atom. The van der Waals surface area contributed by atoms with Crippen molar-refractivity contribution in [2.24, 2.45) is 0 Å². The summed E-state index contributed by atoms with van der Waals surface area (Å²) in [6, 6.07) is 6.74. The highest BCUT2D eigenvalue weighted by Gasteiger charge is 2.52. The van der Waals surface area contributed by atoms with Crippen LogP contribution >= 0.6 is 0 Å². The molecule has 148 valence electrons. The molecule has 2 aliphatic heterocycles. The van der Waals surface area contributed by atoms with Gasteiger partial charge in [-0.05, 0) is 64.1 Å². The van der Waals surface area contributed by atoms with Crippen LogP contribution in [0.3, 0.4) is 0 Å². The highest BCUT2D eigenvalue weighted by molar-refractivity contribution is 6.62. The maximum Gasteiger partial charge on any atom is 0.494 e. The number of anilines is 1. The third-order valence-electron chi connectivity index (χ3n) is 6.65. The first kappa shape index (κ1) is 19.3. The summed E-state index contributed by atoms with van der Waals surface area (Å²) in [6.45, 7) is 16.1. The van der Waals surface area contributed by atoms with Gasteiger partial charge in [0.25, 0.3) is 0 Å². The molecule has 2 heterocycles. The van der Waals surface area contributed by atoms with Gasteiger partial charge in [-0.1, -0.05) is 26.0 Å². The predicted octanol–water partition coefficient (Wildman–Crippen LogP) is 3.65. The summed E-state index contributed by atoms with van der Waals surface area (Å²) in [5, 5.41) is 0. The minimum absolute atomic E-state index is 0.168. The van der Waals surface area contributed by atoms with Crippen molar-refractivity contribution in [1.82, 2.24) is 0 Å². The van der Waals surface area contributed by atoms with Crippen LogP contribution in [0.2, 0.25) is 0 Å². The Bertz CT molecular complexity index is 696. The molecule has 0 atom stereocenters. The zero-order valence-corrected chi connectivity index (χ0v) is 17.8. The first-order chi connectivity index (χ1) is 12.6. The van der Waals surface area contributed by atoms with Crippen molar-refractivity contribution in [3.63, 3.8) is 0 Å². The summed E-state index contributed by atoms with van der Waals surface area (Å²) >= 11 is 0. The maximum atomic E-state index is 6.27. The quantitative estimate of drug-likeness (QED) is 0.564. The number of nitrogens with zero attached hydrogens (tertiary/aromatic N) is 1. The number of ether oxygens (including phenoxy) is 1. The molecule has 1 aromatic rings. The lowest BCUT2D eigenvalue weighted by molar-refractivity contribution is 0.00578. The fourth-order valence-electron chi connectivity index (χ4n) is 4.10. The van der Waals surface area contributed by atoms with Gasteiger partial charge >= 0.3 is 7.12 Å². The van der Waals surface area contributed by atoms with Gasteiger partial charge in [0, 0.05) is 30.8 Å². The van der Waals surface area contributed by atoms with Crippen molar-refractivity contribution in [1.29, 1.82) is 0 Å². The molecule has 0 amide bonds. The van der Waals surface area contributed by atoms with Crippen molar-refractivity contribution in [3.8, 4) is 0 Å². The topological polar surface area (TPSA) is 30.9 Å². The number of benzene rings is 1. The van der Waals surface area contributed by atoms with E-state index in [0.717, 1.165) is 31.6 Å². The van der Waals surface area contributed by atoms with Gasteiger partial charge in [-0.25, -0.2) is 0 Å². The number of hydrogen-bond acceptors (Lipinski definition) is 4. The van der Waals surface area contributed by atoms with Crippen LogP contribution in [0.4, 0.5) is 5.69 Å². The molecular weight excluding hydrogens is 337 g/mol. The monoisotopic (exact) mass is 371 g/mol. The molecule has 0 radical (unpaired) electrons. The fraction of sp³-hybridized carbons (Fsp3) is 0.727. The summed E-state index contributed by atoms with van der Waals surface area (Å²) in [5.74, 6) is 0. The summed E-state index contributed by atoms with van der Waals surface area (Å²) < 4.78 is 18.4. The van der Waals surface area contributed by atoms with Gasteiger partial charge in [0.2, 0.25) is 0 Å². The van der Waals surface area contributed by atoms with E-state index in [-0.39, 0.29) is 23.7 Å². The predicted molar refractivity (Wildman–Crippen MR) is 111 cm³/mol. The SMILES string of the molecule is CC1(C)CN(CCCOC2CC2)c2cc(B3OC(C)(C)C(C)(C)O3)ccc21. The maximum absolute atomic E-state index is 6.27. The average Bonchev–Trinajstić information content (AvgIpc) is 3.31. The zero-order chi connectivity index (χ0) is 19.4. The molecule has 3 aliphatic rings. The van der Waals surface area contributed by atoms with E-state index in [1.165, 1.54) is 24.1 Å². The van der Waals surface area contributed by atoms with E-state index in [1.54, 1.807) is 0 Å². The van der Waals surface area contributed by atoms with Crippen LogP contribution in [0.25, 0.3) is 0 Å². The lowest BCUT2D eigenvalue weighted by Gasteiger charge is -2.32. The minimum atomic E-state index is -0.310. The number of fused-ring (bicyclic) bond motifs is 1. The minimum Gasteiger partial charge on any atom is -0.399 e. The molecule has 5 heteroatoms. The molecular formula is C22H34BNO3. The molecule has 0 N–H and O–H groups in total. The van der Waals surface area contributed by atoms with E-state index >= 15 is 0 Å². The first-order valence-corrected chi connectivity index (χ1v) is 10.5. The Morgan fingerprint density at radius 2 is 1.74 bits per heavy atom. The molecule has 4 nitrogen and oxygen atoms in total. The molecule has 1 aromatic carbocycles. The van der Waals surface area contributed by atoms with Crippen LogP contribution in [-0.4, -0.2) is 44.1 Å². The van der Waals surface area contributed by atoms with Gasteiger partial charge in [-0.3, -0.25) is 0 Å². The molecule has 1 aliphatic carbocycles. The largest absolute Gasteiger partial charge is 0.494 e. The van der Waals surface area contributed by atoms with Gasteiger partial charge in [-0.15, -0.1) is 0 Å². The second kappa shape index (κ2) is 6.50. The number of rotatable bonds is 6. The van der Waals surface area contributed by atoms with E-state index in [0.29, 0.717) is 6.10 Å². The van der Waals surface area contributed by atoms with Gasteiger partial charge in [0.1, 0.15) is 0 Å². The highest BCUT2D eigenvalue weighted by atomic mass is 16.7. The molecule has 2 fully saturated rings. The second-order valence-corrected chi connectivity index (χ2v) is 10.1. The van der Waals surface area contributed by atoms with Gasteiger partial charge < -0.3 is 18.9 Å². The van der Waals surface area contributed by atoms with Gasteiger partial charge in [0.15, 0.2) is 0 Å². The van der Waals surface area contributed by atoms with Crippen LogP contribution in [-0.2, 0) is 19.5 Å². The fourth-order valence-corrected chi connectivity index (χ4v) is 4.10. The van der Waals surface area contributed by atoms with E-state index in [2.05, 4.69) is 64.6 Å². The summed E-state index contributed by atoms with van der Waals surface area (Å²) in [5.41, 5.74) is 3.42. The van der Waals surface area contributed by atoms with Crippen LogP contribution in [0.5, 0.6) is 0 Å². The second-order valence-electron chi connectivity index (χ2n) is 10.1. The molecule has 1 saturated carbocycles. The normalized spacial score (nSPS) is 25.1. The molecule has 27 heavy (non-hydrogen) atoms. The third kappa shape index (κ3) is 3.66. The van der Waals surface area contributed by atoms with Crippen LogP contribution in [0.1, 0.15) is 66.4 Å². The summed E-state index contributed by atoms with van der Waals surface area (Å²) in [6.07, 6.45) is 4.11. The van der Waals surface area contributed by atoms with E-state index in [1.807, 2.05) is 0 Å². The Kier molecular flexibility index (Phi) is 4.64. The van der Waals surface area contributed by atoms with E-state index in [4.69, 9.17) is 14.0 Å². The molecule has 0 spiro atoms. The smallest absolute Gasteiger partial charge is 0.399 e. The standard InChI is InChI=1S/C22H34BNO3/c1-20(2)15-24(12-7-13-25-17-9-10-17)19-14-16(8-11-18(19)20)23-26-21(3,4)22(5,6)27-23/h8,11,14,17H,7,9-10,12-13,15H2,1-6H3. The lowest BCUT2D eigenvalue weighted by Crippen LogP contribution is -2.41. The Labute approximate surface area is 164 Å². The Balaban J connectivity index is 1.51. The van der Waals surface area contributed by atoms with Crippen molar-refractivity contribution in [2.45, 2.75) is 83.5 Å².